The second-order valence-corrected chi connectivity index (χ2v) is 4.51. The fourth-order valence-electron chi connectivity index (χ4n) is 1.56. The first-order chi connectivity index (χ1) is 7.25. The van der Waals surface area contributed by atoms with Crippen LogP contribution in [0.15, 0.2) is 30.3 Å². The Morgan fingerprint density at radius 3 is 2.53 bits per heavy atom. The van der Waals surface area contributed by atoms with Gasteiger partial charge < -0.3 is 5.32 Å². The van der Waals surface area contributed by atoms with Crippen molar-refractivity contribution in [3.05, 3.63) is 35.9 Å². The van der Waals surface area contributed by atoms with E-state index in [2.05, 4.69) is 56.1 Å². The molecule has 0 fully saturated rings. The van der Waals surface area contributed by atoms with Gasteiger partial charge in [-0.15, -0.1) is 0 Å². The minimum atomic E-state index is 0.281. The molecule has 0 saturated heterocycles. The van der Waals surface area contributed by atoms with E-state index in [1.165, 1.54) is 18.4 Å². The van der Waals surface area contributed by atoms with Gasteiger partial charge in [-0.05, 0) is 25.5 Å². The molecule has 0 unspecified atom stereocenters. The van der Waals surface area contributed by atoms with Gasteiger partial charge in [-0.2, -0.15) is 12.6 Å². The van der Waals surface area contributed by atoms with Crippen molar-refractivity contribution in [3.8, 4) is 0 Å². The molecule has 0 aliphatic carbocycles. The van der Waals surface area contributed by atoms with Crippen molar-refractivity contribution in [2.24, 2.45) is 0 Å². The molecular weight excluding hydrogens is 202 g/mol. The highest BCUT2D eigenvalue weighted by Crippen LogP contribution is 2.23. The summed E-state index contributed by atoms with van der Waals surface area (Å²) in [6, 6.07) is 10.9. The zero-order valence-corrected chi connectivity index (χ0v) is 10.5. The highest BCUT2D eigenvalue weighted by atomic mass is 32.1. The number of benzene rings is 1. The molecule has 0 heterocycles. The number of hydrogen-bond donors (Lipinski definition) is 2. The first-order valence-electron chi connectivity index (χ1n) is 5.72. The maximum atomic E-state index is 4.65. The highest BCUT2D eigenvalue weighted by molar-refractivity contribution is 7.80. The van der Waals surface area contributed by atoms with Crippen LogP contribution in [0.1, 0.15) is 37.5 Å². The molecule has 1 rings (SSSR count). The average Bonchev–Trinajstić information content (AvgIpc) is 2.29. The van der Waals surface area contributed by atoms with Crippen molar-refractivity contribution in [2.75, 3.05) is 6.54 Å². The third-order valence-corrected chi connectivity index (χ3v) is 3.36. The minimum absolute atomic E-state index is 0.281. The molecule has 0 bridgehead atoms. The minimum Gasteiger partial charge on any atom is -0.313 e. The van der Waals surface area contributed by atoms with Gasteiger partial charge in [0.1, 0.15) is 0 Å². The second kappa shape index (κ2) is 6.91. The zero-order chi connectivity index (χ0) is 11.1. The molecular formula is C13H21NS. The van der Waals surface area contributed by atoms with Gasteiger partial charge in [0.15, 0.2) is 0 Å². The summed E-state index contributed by atoms with van der Waals surface area (Å²) < 4.78 is 0. The van der Waals surface area contributed by atoms with Crippen LogP contribution in [-0.2, 0) is 0 Å². The number of thiol groups is 1. The Labute approximate surface area is 98.7 Å². The lowest BCUT2D eigenvalue weighted by Crippen LogP contribution is -2.30. The Morgan fingerprint density at radius 2 is 1.93 bits per heavy atom. The van der Waals surface area contributed by atoms with E-state index in [4.69, 9.17) is 0 Å². The summed E-state index contributed by atoms with van der Waals surface area (Å²) in [5.41, 5.74) is 1.29. The SMILES string of the molecule is CCCCN[C@H](C)[C@H](S)c1ccccc1. The molecule has 0 aromatic heterocycles. The smallest absolute Gasteiger partial charge is 0.0417 e. The van der Waals surface area contributed by atoms with Gasteiger partial charge in [-0.25, -0.2) is 0 Å². The highest BCUT2D eigenvalue weighted by Gasteiger charge is 2.13. The molecule has 1 nitrogen and oxygen atoms in total. The Hall–Kier alpha value is -0.470. The summed E-state index contributed by atoms with van der Waals surface area (Å²) in [4.78, 5) is 0. The lowest BCUT2D eigenvalue weighted by Gasteiger charge is -2.20. The van der Waals surface area contributed by atoms with E-state index >= 15 is 0 Å². The zero-order valence-electron chi connectivity index (χ0n) is 9.61. The second-order valence-electron chi connectivity index (χ2n) is 3.95. The van der Waals surface area contributed by atoms with Crippen LogP contribution in [0.3, 0.4) is 0 Å². The summed E-state index contributed by atoms with van der Waals surface area (Å²) in [5, 5.41) is 3.79. The van der Waals surface area contributed by atoms with E-state index in [1.807, 2.05) is 6.07 Å². The molecule has 0 amide bonds. The van der Waals surface area contributed by atoms with Crippen LogP contribution in [0.4, 0.5) is 0 Å². The summed E-state index contributed by atoms with van der Waals surface area (Å²) >= 11 is 4.65. The van der Waals surface area contributed by atoms with E-state index in [0.717, 1.165) is 6.54 Å². The lowest BCUT2D eigenvalue weighted by molar-refractivity contribution is 0.526. The van der Waals surface area contributed by atoms with Gasteiger partial charge in [0, 0.05) is 11.3 Å². The first-order valence-corrected chi connectivity index (χ1v) is 6.23. The molecule has 0 spiro atoms. The fraction of sp³-hybridized carbons (Fsp3) is 0.538. The summed E-state index contributed by atoms with van der Waals surface area (Å²) in [7, 11) is 0. The molecule has 84 valence electrons. The molecule has 0 radical (unpaired) electrons. The molecule has 15 heavy (non-hydrogen) atoms. The fourth-order valence-corrected chi connectivity index (χ4v) is 1.83. The topological polar surface area (TPSA) is 12.0 Å². The number of hydrogen-bond acceptors (Lipinski definition) is 2. The molecule has 0 aliphatic rings. The van der Waals surface area contributed by atoms with E-state index in [1.54, 1.807) is 0 Å². The summed E-state index contributed by atoms with van der Waals surface area (Å²) in [6.45, 7) is 5.49. The van der Waals surface area contributed by atoms with Crippen molar-refractivity contribution in [1.29, 1.82) is 0 Å². The molecule has 2 atom stereocenters. The number of rotatable bonds is 6. The van der Waals surface area contributed by atoms with Crippen molar-refractivity contribution in [3.63, 3.8) is 0 Å². The largest absolute Gasteiger partial charge is 0.313 e. The third-order valence-electron chi connectivity index (χ3n) is 2.61. The first kappa shape index (κ1) is 12.6. The van der Waals surface area contributed by atoms with Crippen LogP contribution in [-0.4, -0.2) is 12.6 Å². The summed E-state index contributed by atoms with van der Waals surface area (Å²) in [5.74, 6) is 0. The predicted octanol–water partition coefficient (Wildman–Crippen LogP) is 3.44. The molecule has 1 aromatic carbocycles. The van der Waals surface area contributed by atoms with E-state index < -0.39 is 0 Å². The summed E-state index contributed by atoms with van der Waals surface area (Å²) in [6.07, 6.45) is 2.47. The molecule has 1 N–H and O–H groups in total. The third kappa shape index (κ3) is 4.27. The van der Waals surface area contributed by atoms with Crippen LogP contribution in [0.2, 0.25) is 0 Å². The van der Waals surface area contributed by atoms with E-state index in [0.29, 0.717) is 6.04 Å². The Balaban J connectivity index is 2.42. The Kier molecular flexibility index (Phi) is 5.81. The van der Waals surface area contributed by atoms with Gasteiger partial charge >= 0.3 is 0 Å². The number of unbranched alkanes of at least 4 members (excludes halogenated alkanes) is 1. The van der Waals surface area contributed by atoms with Crippen molar-refractivity contribution >= 4 is 12.6 Å². The number of nitrogens with one attached hydrogen (secondary N) is 1. The van der Waals surface area contributed by atoms with Crippen molar-refractivity contribution in [1.82, 2.24) is 5.32 Å². The van der Waals surface area contributed by atoms with Crippen LogP contribution in [0, 0.1) is 0 Å². The predicted molar refractivity (Wildman–Crippen MR) is 70.5 cm³/mol. The molecule has 2 heteroatoms. The van der Waals surface area contributed by atoms with Crippen LogP contribution < -0.4 is 5.32 Å². The van der Waals surface area contributed by atoms with Gasteiger partial charge in [0.2, 0.25) is 0 Å². The molecule has 0 aliphatic heterocycles. The van der Waals surface area contributed by atoms with Gasteiger partial charge in [-0.1, -0.05) is 43.7 Å². The van der Waals surface area contributed by atoms with E-state index in [-0.39, 0.29) is 5.25 Å². The maximum absolute atomic E-state index is 4.65. The molecule has 1 aromatic rings. The van der Waals surface area contributed by atoms with Crippen LogP contribution >= 0.6 is 12.6 Å². The lowest BCUT2D eigenvalue weighted by atomic mass is 10.1. The van der Waals surface area contributed by atoms with Crippen molar-refractivity contribution in [2.45, 2.75) is 38.0 Å². The standard InChI is InChI=1S/C13H21NS/c1-3-4-10-14-11(2)13(15)12-8-6-5-7-9-12/h5-9,11,13-15H,3-4,10H2,1-2H3/t11-,13+/m1/s1. The molecule has 0 saturated carbocycles. The van der Waals surface area contributed by atoms with Gasteiger partial charge in [0.05, 0.1) is 0 Å². The van der Waals surface area contributed by atoms with E-state index in [9.17, 15) is 0 Å². The van der Waals surface area contributed by atoms with Gasteiger partial charge in [0.25, 0.3) is 0 Å². The van der Waals surface area contributed by atoms with Crippen LogP contribution in [0.25, 0.3) is 0 Å². The monoisotopic (exact) mass is 223 g/mol. The normalized spacial score (nSPS) is 14.9. The van der Waals surface area contributed by atoms with Gasteiger partial charge in [-0.3, -0.25) is 0 Å². The maximum Gasteiger partial charge on any atom is 0.0417 e. The Bertz CT molecular complexity index is 260. The van der Waals surface area contributed by atoms with Crippen molar-refractivity contribution < 1.29 is 0 Å². The Morgan fingerprint density at radius 1 is 1.27 bits per heavy atom. The quantitative estimate of drug-likeness (QED) is 0.556. The van der Waals surface area contributed by atoms with Crippen LogP contribution in [0.5, 0.6) is 0 Å². The average molecular weight is 223 g/mol.